The van der Waals surface area contributed by atoms with Crippen LogP contribution < -0.4 is 11.5 Å². The summed E-state index contributed by atoms with van der Waals surface area (Å²) in [4.78, 5) is 11.2. The Morgan fingerprint density at radius 1 is 1.57 bits per heavy atom. The van der Waals surface area contributed by atoms with Crippen molar-refractivity contribution < 1.29 is 9.53 Å². The summed E-state index contributed by atoms with van der Waals surface area (Å²) in [5.74, 6) is 0.238. The molecule has 0 aliphatic heterocycles. The predicted molar refractivity (Wildman–Crippen MR) is 54.5 cm³/mol. The van der Waals surface area contributed by atoms with Crippen molar-refractivity contribution >= 4 is 5.91 Å². The number of hydrogen-bond acceptors (Lipinski definition) is 3. The van der Waals surface area contributed by atoms with E-state index in [0.29, 0.717) is 12.5 Å². The summed E-state index contributed by atoms with van der Waals surface area (Å²) in [5, 5.41) is 0. The number of ether oxygens (including phenoxy) is 1. The second-order valence-electron chi connectivity index (χ2n) is 4.59. The summed E-state index contributed by atoms with van der Waals surface area (Å²) >= 11 is 0. The molecule has 1 unspecified atom stereocenters. The molecule has 0 radical (unpaired) electrons. The molecule has 0 spiro atoms. The van der Waals surface area contributed by atoms with Crippen molar-refractivity contribution in [3.05, 3.63) is 0 Å². The summed E-state index contributed by atoms with van der Waals surface area (Å²) in [6, 6.07) is 0. The van der Waals surface area contributed by atoms with Gasteiger partial charge in [0.25, 0.3) is 0 Å². The van der Waals surface area contributed by atoms with Crippen LogP contribution in [0.3, 0.4) is 0 Å². The topological polar surface area (TPSA) is 78.3 Å². The Hall–Kier alpha value is -0.610. The molecule has 4 heteroatoms. The Kier molecular flexibility index (Phi) is 3.50. The van der Waals surface area contributed by atoms with Crippen molar-refractivity contribution in [1.82, 2.24) is 0 Å². The number of rotatable bonds is 6. The number of amides is 1. The number of nitrogens with two attached hydrogens (primary N) is 2. The number of hydrogen-bond donors (Lipinski definition) is 2. The molecule has 1 fully saturated rings. The van der Waals surface area contributed by atoms with Gasteiger partial charge < -0.3 is 16.2 Å². The van der Waals surface area contributed by atoms with Gasteiger partial charge in [-0.15, -0.1) is 0 Å². The van der Waals surface area contributed by atoms with Crippen molar-refractivity contribution in [2.24, 2.45) is 23.3 Å². The molecule has 0 heterocycles. The summed E-state index contributed by atoms with van der Waals surface area (Å²) in [5.41, 5.74) is 10.3. The van der Waals surface area contributed by atoms with Crippen LogP contribution in [-0.2, 0) is 9.53 Å². The van der Waals surface area contributed by atoms with Crippen molar-refractivity contribution in [2.75, 3.05) is 13.2 Å². The van der Waals surface area contributed by atoms with Crippen LogP contribution in [0.1, 0.15) is 26.7 Å². The third kappa shape index (κ3) is 2.69. The largest absolute Gasteiger partial charge is 0.379 e. The lowest BCUT2D eigenvalue weighted by atomic mass is 9.95. The van der Waals surface area contributed by atoms with Gasteiger partial charge in [0.15, 0.2) is 0 Å². The molecule has 1 atom stereocenters. The van der Waals surface area contributed by atoms with E-state index in [0.717, 1.165) is 12.8 Å². The van der Waals surface area contributed by atoms with E-state index in [9.17, 15) is 4.79 Å². The van der Waals surface area contributed by atoms with Crippen molar-refractivity contribution in [1.29, 1.82) is 0 Å². The van der Waals surface area contributed by atoms with Gasteiger partial charge in [0, 0.05) is 6.61 Å². The zero-order valence-corrected chi connectivity index (χ0v) is 8.95. The SMILES string of the molecule is CC(C)COCC(N)(C(N)=O)C1CC1. The first-order valence-corrected chi connectivity index (χ1v) is 5.13. The summed E-state index contributed by atoms with van der Waals surface area (Å²) in [7, 11) is 0. The van der Waals surface area contributed by atoms with E-state index in [1.165, 1.54) is 0 Å². The molecular formula is C10H20N2O2. The third-order valence-electron chi connectivity index (χ3n) is 2.56. The molecule has 4 nitrogen and oxygen atoms in total. The predicted octanol–water partition coefficient (Wildman–Crippen LogP) is 0.252. The Bertz CT molecular complexity index is 214. The van der Waals surface area contributed by atoms with Gasteiger partial charge >= 0.3 is 0 Å². The van der Waals surface area contributed by atoms with Crippen LogP contribution in [0, 0.1) is 11.8 Å². The molecule has 1 aliphatic rings. The van der Waals surface area contributed by atoms with Gasteiger partial charge in [0.1, 0.15) is 5.54 Å². The highest BCUT2D eigenvalue weighted by Gasteiger charge is 2.47. The van der Waals surface area contributed by atoms with Gasteiger partial charge in [-0.1, -0.05) is 13.8 Å². The van der Waals surface area contributed by atoms with Gasteiger partial charge in [-0.25, -0.2) is 0 Å². The lowest BCUT2D eigenvalue weighted by Crippen LogP contribution is -2.57. The maximum Gasteiger partial charge on any atom is 0.240 e. The summed E-state index contributed by atoms with van der Waals surface area (Å²) < 4.78 is 5.40. The summed E-state index contributed by atoms with van der Waals surface area (Å²) in [6.45, 7) is 4.99. The minimum absolute atomic E-state index is 0.229. The summed E-state index contributed by atoms with van der Waals surface area (Å²) in [6.07, 6.45) is 1.98. The molecule has 0 aromatic carbocycles. The van der Waals surface area contributed by atoms with Crippen LogP contribution in [0.15, 0.2) is 0 Å². The number of carbonyl (C=O) groups excluding carboxylic acids is 1. The molecule has 4 N–H and O–H groups in total. The second-order valence-corrected chi connectivity index (χ2v) is 4.59. The highest BCUT2D eigenvalue weighted by atomic mass is 16.5. The van der Waals surface area contributed by atoms with E-state index in [1.807, 2.05) is 0 Å². The molecule has 0 bridgehead atoms. The normalized spacial score (nSPS) is 20.9. The van der Waals surface area contributed by atoms with Crippen LogP contribution in [0.25, 0.3) is 0 Å². The van der Waals surface area contributed by atoms with Gasteiger partial charge in [0.05, 0.1) is 6.61 Å². The van der Waals surface area contributed by atoms with Crippen LogP contribution in [-0.4, -0.2) is 24.7 Å². The lowest BCUT2D eigenvalue weighted by Gasteiger charge is -2.25. The van der Waals surface area contributed by atoms with Crippen LogP contribution in [0.4, 0.5) is 0 Å². The molecule has 1 amide bonds. The Morgan fingerprint density at radius 3 is 2.50 bits per heavy atom. The number of primary amides is 1. The minimum Gasteiger partial charge on any atom is -0.379 e. The molecule has 82 valence electrons. The van der Waals surface area contributed by atoms with Crippen molar-refractivity contribution in [3.63, 3.8) is 0 Å². The Morgan fingerprint density at radius 2 is 2.14 bits per heavy atom. The molecule has 1 rings (SSSR count). The molecule has 0 aromatic rings. The van der Waals surface area contributed by atoms with E-state index in [1.54, 1.807) is 0 Å². The molecule has 0 aromatic heterocycles. The highest BCUT2D eigenvalue weighted by Crippen LogP contribution is 2.38. The average molecular weight is 200 g/mol. The van der Waals surface area contributed by atoms with Gasteiger partial charge in [-0.05, 0) is 24.7 Å². The molecule has 14 heavy (non-hydrogen) atoms. The van der Waals surface area contributed by atoms with E-state index in [2.05, 4.69) is 13.8 Å². The first kappa shape index (κ1) is 11.5. The fraction of sp³-hybridized carbons (Fsp3) is 0.900. The fourth-order valence-electron chi connectivity index (χ4n) is 1.45. The van der Waals surface area contributed by atoms with E-state index in [4.69, 9.17) is 16.2 Å². The first-order valence-electron chi connectivity index (χ1n) is 5.13. The highest BCUT2D eigenvalue weighted by molar-refractivity contribution is 5.85. The van der Waals surface area contributed by atoms with Gasteiger partial charge in [0.2, 0.25) is 5.91 Å². The Labute approximate surface area is 85.0 Å². The molecular weight excluding hydrogens is 180 g/mol. The number of carbonyl (C=O) groups is 1. The van der Waals surface area contributed by atoms with Crippen molar-refractivity contribution in [2.45, 2.75) is 32.2 Å². The Balaban J connectivity index is 2.40. The maximum absolute atomic E-state index is 11.2. The second kappa shape index (κ2) is 4.28. The van der Waals surface area contributed by atoms with Crippen LogP contribution in [0.5, 0.6) is 0 Å². The van der Waals surface area contributed by atoms with Crippen molar-refractivity contribution in [3.8, 4) is 0 Å². The maximum atomic E-state index is 11.2. The van der Waals surface area contributed by atoms with E-state index < -0.39 is 11.4 Å². The zero-order valence-electron chi connectivity index (χ0n) is 8.95. The zero-order chi connectivity index (χ0) is 10.8. The molecule has 1 aliphatic carbocycles. The third-order valence-corrected chi connectivity index (χ3v) is 2.56. The van der Waals surface area contributed by atoms with Crippen LogP contribution >= 0.6 is 0 Å². The average Bonchev–Trinajstić information content (AvgIpc) is 2.84. The standard InChI is InChI=1S/C10H20N2O2/c1-7(2)5-14-6-10(12,9(11)13)8-3-4-8/h7-8H,3-6,12H2,1-2H3,(H2,11,13). The van der Waals surface area contributed by atoms with E-state index >= 15 is 0 Å². The smallest absolute Gasteiger partial charge is 0.240 e. The van der Waals surface area contributed by atoms with Crippen LogP contribution in [0.2, 0.25) is 0 Å². The molecule has 0 saturated heterocycles. The quantitative estimate of drug-likeness (QED) is 0.645. The monoisotopic (exact) mass is 200 g/mol. The first-order chi connectivity index (χ1) is 6.47. The minimum atomic E-state index is -0.936. The lowest BCUT2D eigenvalue weighted by molar-refractivity contribution is -0.126. The molecule has 1 saturated carbocycles. The fourth-order valence-corrected chi connectivity index (χ4v) is 1.45. The van der Waals surface area contributed by atoms with Gasteiger partial charge in [-0.2, -0.15) is 0 Å². The van der Waals surface area contributed by atoms with Gasteiger partial charge in [-0.3, -0.25) is 4.79 Å². The van der Waals surface area contributed by atoms with E-state index in [-0.39, 0.29) is 12.5 Å².